The van der Waals surface area contributed by atoms with Gasteiger partial charge in [-0.2, -0.15) is 0 Å². The zero-order chi connectivity index (χ0) is 11.5. The van der Waals surface area contributed by atoms with E-state index in [9.17, 15) is 0 Å². The van der Waals surface area contributed by atoms with Crippen molar-refractivity contribution in [3.05, 3.63) is 0 Å². The molecule has 1 aliphatic rings. The van der Waals surface area contributed by atoms with Crippen LogP contribution >= 0.6 is 0 Å². The third-order valence-electron chi connectivity index (χ3n) is 4.01. The van der Waals surface area contributed by atoms with Gasteiger partial charge in [-0.15, -0.1) is 0 Å². The van der Waals surface area contributed by atoms with Gasteiger partial charge in [-0.25, -0.2) is 0 Å². The van der Waals surface area contributed by atoms with Gasteiger partial charge in [0.2, 0.25) is 0 Å². The molecule has 1 unspecified atom stereocenters. The Kier molecular flexibility index (Phi) is 4.60. The van der Waals surface area contributed by atoms with Crippen LogP contribution in [-0.4, -0.2) is 26.2 Å². The fourth-order valence-electron chi connectivity index (χ4n) is 1.93. The highest BCUT2D eigenvalue weighted by atomic mass is 14.9. The van der Waals surface area contributed by atoms with Crippen LogP contribution in [0, 0.1) is 23.2 Å². The van der Waals surface area contributed by atoms with Crippen molar-refractivity contribution in [1.29, 1.82) is 0 Å². The second-order valence-electron chi connectivity index (χ2n) is 6.32. The van der Waals surface area contributed by atoms with Crippen molar-refractivity contribution in [2.45, 2.75) is 34.6 Å². The summed E-state index contributed by atoms with van der Waals surface area (Å²) in [5.74, 6) is 2.40. The predicted octanol–water partition coefficient (Wildman–Crippen LogP) is 2.11. The van der Waals surface area contributed by atoms with Crippen LogP contribution in [0.2, 0.25) is 0 Å². The highest BCUT2D eigenvalue weighted by Gasteiger charge is 2.24. The average molecular weight is 212 g/mol. The van der Waals surface area contributed by atoms with Crippen molar-refractivity contribution in [1.82, 2.24) is 10.6 Å². The van der Waals surface area contributed by atoms with Crippen LogP contribution in [-0.2, 0) is 0 Å². The van der Waals surface area contributed by atoms with Crippen LogP contribution in [0.4, 0.5) is 0 Å². The Bertz CT molecular complexity index is 181. The van der Waals surface area contributed by atoms with Crippen LogP contribution in [0.1, 0.15) is 34.6 Å². The van der Waals surface area contributed by atoms with E-state index in [0.29, 0.717) is 5.41 Å². The molecule has 0 spiro atoms. The molecule has 1 aliphatic heterocycles. The molecule has 2 heteroatoms. The van der Waals surface area contributed by atoms with Gasteiger partial charge in [0.25, 0.3) is 0 Å². The molecule has 0 aromatic rings. The fraction of sp³-hybridized carbons (Fsp3) is 1.00. The summed E-state index contributed by atoms with van der Waals surface area (Å²) in [6.07, 6.45) is 0. The molecule has 0 radical (unpaired) electrons. The normalized spacial score (nSPS) is 29.4. The van der Waals surface area contributed by atoms with Crippen molar-refractivity contribution in [2.24, 2.45) is 23.2 Å². The van der Waals surface area contributed by atoms with E-state index in [-0.39, 0.29) is 0 Å². The molecular formula is C13H28N2. The van der Waals surface area contributed by atoms with E-state index in [1.807, 2.05) is 0 Å². The highest BCUT2D eigenvalue weighted by molar-refractivity contribution is 4.80. The number of rotatable bonds is 4. The summed E-state index contributed by atoms with van der Waals surface area (Å²) in [6.45, 7) is 16.3. The summed E-state index contributed by atoms with van der Waals surface area (Å²) in [7, 11) is 0. The lowest BCUT2D eigenvalue weighted by atomic mass is 9.82. The molecule has 90 valence electrons. The molecule has 1 rings (SSSR count). The molecule has 2 N–H and O–H groups in total. The lowest BCUT2D eigenvalue weighted by molar-refractivity contribution is 0.247. The largest absolute Gasteiger partial charge is 0.316 e. The minimum atomic E-state index is 0.423. The molecule has 2 nitrogen and oxygen atoms in total. The predicted molar refractivity (Wildman–Crippen MR) is 67.0 cm³/mol. The van der Waals surface area contributed by atoms with Gasteiger partial charge in [-0.3, -0.25) is 0 Å². The van der Waals surface area contributed by atoms with Crippen molar-refractivity contribution >= 4 is 0 Å². The minimum Gasteiger partial charge on any atom is -0.316 e. The van der Waals surface area contributed by atoms with E-state index in [4.69, 9.17) is 0 Å². The summed E-state index contributed by atoms with van der Waals surface area (Å²) in [6, 6.07) is 0. The van der Waals surface area contributed by atoms with E-state index in [2.05, 4.69) is 45.3 Å². The Morgan fingerprint density at radius 2 is 2.00 bits per heavy atom. The van der Waals surface area contributed by atoms with E-state index >= 15 is 0 Å². The standard InChI is InChI=1S/C13H28N2/c1-10-6-14-8-12(10)9-15-7-11(2)13(3,4)5/h10-12,14-15H,6-9H2,1-5H3/t10-,11?,12+/m1/s1. The Labute approximate surface area is 95.2 Å². The van der Waals surface area contributed by atoms with Gasteiger partial charge in [0, 0.05) is 0 Å². The third-order valence-corrected chi connectivity index (χ3v) is 4.01. The number of hydrogen-bond donors (Lipinski definition) is 2. The monoisotopic (exact) mass is 212 g/mol. The first-order chi connectivity index (χ1) is 6.91. The van der Waals surface area contributed by atoms with Gasteiger partial charge in [-0.1, -0.05) is 34.6 Å². The molecule has 0 aliphatic carbocycles. The molecule has 1 heterocycles. The second kappa shape index (κ2) is 5.31. The van der Waals surface area contributed by atoms with Crippen LogP contribution in [0.3, 0.4) is 0 Å². The van der Waals surface area contributed by atoms with E-state index in [1.165, 1.54) is 19.6 Å². The van der Waals surface area contributed by atoms with Crippen LogP contribution in [0.25, 0.3) is 0 Å². The molecule has 0 saturated carbocycles. The van der Waals surface area contributed by atoms with Gasteiger partial charge >= 0.3 is 0 Å². The van der Waals surface area contributed by atoms with Gasteiger partial charge in [0.05, 0.1) is 0 Å². The van der Waals surface area contributed by atoms with E-state index < -0.39 is 0 Å². The second-order valence-corrected chi connectivity index (χ2v) is 6.32. The highest BCUT2D eigenvalue weighted by Crippen LogP contribution is 2.24. The van der Waals surface area contributed by atoms with Crippen molar-refractivity contribution in [3.63, 3.8) is 0 Å². The Morgan fingerprint density at radius 3 is 2.47 bits per heavy atom. The molecule has 3 atom stereocenters. The smallest absolute Gasteiger partial charge is 0.000523 e. The average Bonchev–Trinajstić information content (AvgIpc) is 2.50. The Balaban J connectivity index is 2.16. The molecule has 15 heavy (non-hydrogen) atoms. The van der Waals surface area contributed by atoms with Crippen molar-refractivity contribution < 1.29 is 0 Å². The van der Waals surface area contributed by atoms with Crippen LogP contribution < -0.4 is 10.6 Å². The van der Waals surface area contributed by atoms with Crippen molar-refractivity contribution in [2.75, 3.05) is 26.2 Å². The maximum Gasteiger partial charge on any atom is -0.000523 e. The van der Waals surface area contributed by atoms with Crippen LogP contribution in [0.15, 0.2) is 0 Å². The quantitative estimate of drug-likeness (QED) is 0.746. The zero-order valence-electron chi connectivity index (χ0n) is 11.1. The molecule has 0 aromatic heterocycles. The number of nitrogens with one attached hydrogen (secondary N) is 2. The molecular weight excluding hydrogens is 184 g/mol. The molecule has 0 bridgehead atoms. The molecule has 0 aromatic carbocycles. The summed E-state index contributed by atoms with van der Waals surface area (Å²) < 4.78 is 0. The first-order valence-electron chi connectivity index (χ1n) is 6.32. The maximum atomic E-state index is 3.62. The Morgan fingerprint density at radius 1 is 1.33 bits per heavy atom. The third kappa shape index (κ3) is 4.12. The topological polar surface area (TPSA) is 24.1 Å². The zero-order valence-corrected chi connectivity index (χ0v) is 11.1. The lowest BCUT2D eigenvalue weighted by Crippen LogP contribution is -2.34. The van der Waals surface area contributed by atoms with Gasteiger partial charge in [0.15, 0.2) is 0 Å². The van der Waals surface area contributed by atoms with Gasteiger partial charge < -0.3 is 10.6 Å². The summed E-state index contributed by atoms with van der Waals surface area (Å²) >= 11 is 0. The maximum absolute atomic E-state index is 3.62. The van der Waals surface area contributed by atoms with Gasteiger partial charge in [0.1, 0.15) is 0 Å². The first kappa shape index (κ1) is 13.0. The Hall–Kier alpha value is -0.0800. The SMILES string of the molecule is CC(CNC[C@@H]1CNC[C@H]1C)C(C)(C)C. The molecule has 1 saturated heterocycles. The fourth-order valence-corrected chi connectivity index (χ4v) is 1.93. The number of hydrogen-bond acceptors (Lipinski definition) is 2. The van der Waals surface area contributed by atoms with E-state index in [1.54, 1.807) is 0 Å². The summed E-state index contributed by atoms with van der Waals surface area (Å²) in [5.41, 5.74) is 0.423. The van der Waals surface area contributed by atoms with Crippen molar-refractivity contribution in [3.8, 4) is 0 Å². The summed E-state index contributed by atoms with van der Waals surface area (Å²) in [4.78, 5) is 0. The summed E-state index contributed by atoms with van der Waals surface area (Å²) in [5, 5.41) is 7.07. The molecule has 1 fully saturated rings. The van der Waals surface area contributed by atoms with Crippen LogP contribution in [0.5, 0.6) is 0 Å². The first-order valence-corrected chi connectivity index (χ1v) is 6.32. The molecule has 0 amide bonds. The lowest BCUT2D eigenvalue weighted by Gasteiger charge is -2.28. The minimum absolute atomic E-state index is 0.423. The van der Waals surface area contributed by atoms with Gasteiger partial charge in [-0.05, 0) is 49.3 Å². The van der Waals surface area contributed by atoms with E-state index in [0.717, 1.165) is 24.3 Å².